The van der Waals surface area contributed by atoms with Gasteiger partial charge in [0.1, 0.15) is 5.75 Å². The Morgan fingerprint density at radius 1 is 0.853 bits per heavy atom. The number of hydrogen-bond donors (Lipinski definition) is 1. The maximum absolute atomic E-state index is 13.2. The third-order valence-electron chi connectivity index (χ3n) is 6.47. The number of nitrogens with zero attached hydrogens (tertiary/aromatic N) is 1. The van der Waals surface area contributed by atoms with Crippen LogP contribution in [0.3, 0.4) is 0 Å². The summed E-state index contributed by atoms with van der Waals surface area (Å²) in [6.07, 6.45) is 2.93. The number of hydrogen-bond acceptors (Lipinski definition) is 5. The number of esters is 1. The SMILES string of the molecule is O=C(OCC1CCN(CCCOc2ccccc2)CC1)C(O)(c1ccccc1)c1ccccc1. The van der Waals surface area contributed by atoms with Gasteiger partial charge in [-0.15, -0.1) is 0 Å². The lowest BCUT2D eigenvalue weighted by Gasteiger charge is -2.33. The third-order valence-corrected chi connectivity index (χ3v) is 6.47. The maximum atomic E-state index is 13.2. The first-order valence-electron chi connectivity index (χ1n) is 12.1. The highest BCUT2D eigenvalue weighted by molar-refractivity contribution is 5.85. The number of para-hydroxylation sites is 1. The number of carbonyl (C=O) groups excluding carboxylic acids is 1. The van der Waals surface area contributed by atoms with Gasteiger partial charge in [-0.05, 0) is 61.5 Å². The van der Waals surface area contributed by atoms with Crippen molar-refractivity contribution < 1.29 is 19.4 Å². The van der Waals surface area contributed by atoms with Crippen molar-refractivity contribution in [1.29, 1.82) is 0 Å². The Kier molecular flexibility index (Phi) is 8.34. The van der Waals surface area contributed by atoms with Crippen molar-refractivity contribution in [3.05, 3.63) is 102 Å². The molecular weight excluding hydrogens is 426 g/mol. The number of ether oxygens (including phenoxy) is 2. The molecule has 3 aromatic carbocycles. The van der Waals surface area contributed by atoms with E-state index in [-0.39, 0.29) is 0 Å². The first kappa shape index (κ1) is 24.0. The molecule has 1 aliphatic heterocycles. The van der Waals surface area contributed by atoms with Gasteiger partial charge in [0.2, 0.25) is 5.60 Å². The Morgan fingerprint density at radius 2 is 1.38 bits per heavy atom. The van der Waals surface area contributed by atoms with E-state index in [2.05, 4.69) is 4.90 Å². The maximum Gasteiger partial charge on any atom is 0.347 e. The molecule has 0 unspecified atom stereocenters. The molecule has 5 heteroatoms. The van der Waals surface area contributed by atoms with Gasteiger partial charge in [0, 0.05) is 6.54 Å². The summed E-state index contributed by atoms with van der Waals surface area (Å²) in [7, 11) is 0. The zero-order valence-electron chi connectivity index (χ0n) is 19.5. The molecule has 0 radical (unpaired) electrons. The van der Waals surface area contributed by atoms with Crippen molar-refractivity contribution in [1.82, 2.24) is 4.90 Å². The second-order valence-corrected chi connectivity index (χ2v) is 8.84. The van der Waals surface area contributed by atoms with Crippen molar-refractivity contribution in [3.63, 3.8) is 0 Å². The van der Waals surface area contributed by atoms with Crippen LogP contribution in [0.15, 0.2) is 91.0 Å². The van der Waals surface area contributed by atoms with E-state index in [4.69, 9.17) is 9.47 Å². The average molecular weight is 460 g/mol. The van der Waals surface area contributed by atoms with E-state index in [0.717, 1.165) is 44.6 Å². The van der Waals surface area contributed by atoms with Gasteiger partial charge in [0.15, 0.2) is 0 Å². The van der Waals surface area contributed by atoms with Crippen LogP contribution in [0.5, 0.6) is 5.75 Å². The van der Waals surface area contributed by atoms with Crippen molar-refractivity contribution in [2.45, 2.75) is 24.9 Å². The van der Waals surface area contributed by atoms with E-state index in [0.29, 0.717) is 30.3 Å². The molecule has 1 aliphatic rings. The van der Waals surface area contributed by atoms with Gasteiger partial charge in [0.05, 0.1) is 13.2 Å². The molecule has 5 nitrogen and oxygen atoms in total. The second-order valence-electron chi connectivity index (χ2n) is 8.84. The molecule has 0 saturated carbocycles. The lowest BCUT2D eigenvalue weighted by molar-refractivity contribution is -0.164. The summed E-state index contributed by atoms with van der Waals surface area (Å²) in [6.45, 7) is 4.00. The lowest BCUT2D eigenvalue weighted by Crippen LogP contribution is -2.41. The normalized spacial score (nSPS) is 15.1. The van der Waals surface area contributed by atoms with Crippen LogP contribution in [0, 0.1) is 5.92 Å². The Bertz CT molecular complexity index is 963. The predicted octanol–water partition coefficient (Wildman–Crippen LogP) is 4.65. The van der Waals surface area contributed by atoms with Gasteiger partial charge in [-0.3, -0.25) is 0 Å². The molecule has 1 N–H and O–H groups in total. The number of carbonyl (C=O) groups is 1. The monoisotopic (exact) mass is 459 g/mol. The van der Waals surface area contributed by atoms with Gasteiger partial charge < -0.3 is 19.5 Å². The highest BCUT2D eigenvalue weighted by Crippen LogP contribution is 2.31. The highest BCUT2D eigenvalue weighted by atomic mass is 16.5. The van der Waals surface area contributed by atoms with Crippen LogP contribution in [-0.2, 0) is 15.1 Å². The molecule has 3 aromatic rings. The Labute approximate surface area is 201 Å². The number of aliphatic hydroxyl groups is 1. The van der Waals surface area contributed by atoms with Gasteiger partial charge in [0.25, 0.3) is 0 Å². The zero-order valence-corrected chi connectivity index (χ0v) is 19.5. The molecule has 178 valence electrons. The van der Waals surface area contributed by atoms with Crippen LogP contribution in [0.2, 0.25) is 0 Å². The molecule has 1 heterocycles. The van der Waals surface area contributed by atoms with E-state index >= 15 is 0 Å². The summed E-state index contributed by atoms with van der Waals surface area (Å²) >= 11 is 0. The van der Waals surface area contributed by atoms with Crippen LogP contribution in [0.25, 0.3) is 0 Å². The summed E-state index contributed by atoms with van der Waals surface area (Å²) < 4.78 is 11.5. The molecule has 0 amide bonds. The number of benzene rings is 3. The van der Waals surface area contributed by atoms with Crippen molar-refractivity contribution in [2.24, 2.45) is 5.92 Å². The van der Waals surface area contributed by atoms with Crippen LogP contribution >= 0.6 is 0 Å². The van der Waals surface area contributed by atoms with Gasteiger partial charge in [-0.2, -0.15) is 0 Å². The van der Waals surface area contributed by atoms with Gasteiger partial charge in [-0.25, -0.2) is 4.79 Å². The summed E-state index contributed by atoms with van der Waals surface area (Å²) in [6, 6.07) is 27.9. The predicted molar refractivity (Wildman–Crippen MR) is 133 cm³/mol. The Hall–Kier alpha value is -3.15. The number of rotatable bonds is 10. The second kappa shape index (κ2) is 11.8. The molecule has 0 aromatic heterocycles. The fourth-order valence-corrected chi connectivity index (χ4v) is 4.43. The fourth-order valence-electron chi connectivity index (χ4n) is 4.43. The van der Waals surface area contributed by atoms with Crippen LogP contribution in [0.1, 0.15) is 30.4 Å². The Morgan fingerprint density at radius 3 is 1.94 bits per heavy atom. The molecule has 4 rings (SSSR count). The lowest BCUT2D eigenvalue weighted by atomic mass is 9.86. The third kappa shape index (κ3) is 6.04. The summed E-state index contributed by atoms with van der Waals surface area (Å²) in [5.74, 6) is 0.593. The summed E-state index contributed by atoms with van der Waals surface area (Å²) in [5, 5.41) is 11.5. The first-order chi connectivity index (χ1) is 16.7. The summed E-state index contributed by atoms with van der Waals surface area (Å²) in [5.41, 5.74) is -0.792. The quantitative estimate of drug-likeness (QED) is 0.353. The van der Waals surface area contributed by atoms with E-state index in [1.807, 2.05) is 66.7 Å². The minimum absolute atomic E-state index is 0.302. The molecule has 0 bridgehead atoms. The summed E-state index contributed by atoms with van der Waals surface area (Å²) in [4.78, 5) is 15.6. The molecule has 0 spiro atoms. The molecule has 0 atom stereocenters. The van der Waals surface area contributed by atoms with Gasteiger partial charge >= 0.3 is 5.97 Å². The van der Waals surface area contributed by atoms with E-state index in [9.17, 15) is 9.90 Å². The molecule has 0 aliphatic carbocycles. The molecule has 1 saturated heterocycles. The van der Waals surface area contributed by atoms with E-state index < -0.39 is 11.6 Å². The Balaban J connectivity index is 1.24. The number of likely N-dealkylation sites (tertiary alicyclic amines) is 1. The standard InChI is InChI=1S/C29H33NO4/c31-28(29(32,25-11-4-1-5-12-25)26-13-6-2-7-14-26)34-23-24-17-20-30(21-18-24)19-10-22-33-27-15-8-3-9-16-27/h1-9,11-16,24,32H,10,17-23H2. The smallest absolute Gasteiger partial charge is 0.347 e. The molecule has 1 fully saturated rings. The van der Waals surface area contributed by atoms with Crippen LogP contribution < -0.4 is 4.74 Å². The number of piperidine rings is 1. The van der Waals surface area contributed by atoms with Crippen LogP contribution in [-0.4, -0.2) is 48.8 Å². The minimum Gasteiger partial charge on any atom is -0.494 e. The average Bonchev–Trinajstić information content (AvgIpc) is 2.91. The molecular formula is C29H33NO4. The fraction of sp³-hybridized carbons (Fsp3) is 0.345. The topological polar surface area (TPSA) is 59.0 Å². The van der Waals surface area contributed by atoms with E-state index in [1.165, 1.54) is 0 Å². The zero-order chi connectivity index (χ0) is 23.6. The van der Waals surface area contributed by atoms with E-state index in [1.54, 1.807) is 24.3 Å². The first-order valence-corrected chi connectivity index (χ1v) is 12.1. The van der Waals surface area contributed by atoms with Crippen molar-refractivity contribution >= 4 is 5.97 Å². The highest BCUT2D eigenvalue weighted by Gasteiger charge is 2.41. The molecule has 34 heavy (non-hydrogen) atoms. The van der Waals surface area contributed by atoms with Crippen molar-refractivity contribution in [2.75, 3.05) is 32.8 Å². The minimum atomic E-state index is -1.82. The van der Waals surface area contributed by atoms with Gasteiger partial charge in [-0.1, -0.05) is 78.9 Å². The van der Waals surface area contributed by atoms with Crippen molar-refractivity contribution in [3.8, 4) is 5.75 Å². The largest absolute Gasteiger partial charge is 0.494 e. The van der Waals surface area contributed by atoms with Crippen LogP contribution in [0.4, 0.5) is 0 Å².